The van der Waals surface area contributed by atoms with Crippen molar-refractivity contribution in [1.82, 2.24) is 15.0 Å². The molecular weight excluding hydrogens is 266 g/mol. The minimum atomic E-state index is 0.334. The van der Waals surface area contributed by atoms with Crippen LogP contribution in [-0.2, 0) is 0 Å². The molecule has 0 saturated heterocycles. The number of nitrogens with one attached hydrogen (secondary N) is 1. The number of nitrogen functional groups attached to an aromatic ring is 1. The molecule has 0 aliphatic rings. The van der Waals surface area contributed by atoms with Crippen molar-refractivity contribution in [3.8, 4) is 0 Å². The molecule has 21 heavy (non-hydrogen) atoms. The summed E-state index contributed by atoms with van der Waals surface area (Å²) in [7, 11) is 5.67. The molecule has 0 aliphatic heterocycles. The first-order valence-electron chi connectivity index (χ1n) is 6.63. The lowest BCUT2D eigenvalue weighted by Gasteiger charge is -2.21. The highest BCUT2D eigenvalue weighted by Crippen LogP contribution is 2.26. The molecule has 0 unspecified atom stereocenters. The summed E-state index contributed by atoms with van der Waals surface area (Å²) in [4.78, 5) is 16.7. The van der Waals surface area contributed by atoms with Gasteiger partial charge in [-0.25, -0.2) is 5.84 Å². The largest absolute Gasteiger partial charge is 0.347 e. The summed E-state index contributed by atoms with van der Waals surface area (Å²) in [6.45, 7) is 4.13. The molecule has 7 heteroatoms. The average molecular weight is 287 g/mol. The third kappa shape index (κ3) is 3.19. The highest BCUT2D eigenvalue weighted by molar-refractivity contribution is 5.62. The molecule has 3 N–H and O–H groups in total. The first-order chi connectivity index (χ1) is 9.92. The number of aryl methyl sites for hydroxylation is 2. The van der Waals surface area contributed by atoms with E-state index in [0.717, 1.165) is 11.3 Å². The zero-order valence-corrected chi connectivity index (χ0v) is 13.0. The van der Waals surface area contributed by atoms with Gasteiger partial charge in [-0.15, -0.1) is 0 Å². The molecule has 7 nitrogen and oxygen atoms in total. The molecule has 1 heterocycles. The second-order valence-electron chi connectivity index (χ2n) is 5.15. The fourth-order valence-electron chi connectivity index (χ4n) is 2.06. The maximum atomic E-state index is 5.44. The summed E-state index contributed by atoms with van der Waals surface area (Å²) in [6, 6.07) is 6.25. The van der Waals surface area contributed by atoms with Crippen molar-refractivity contribution < 1.29 is 0 Å². The van der Waals surface area contributed by atoms with E-state index >= 15 is 0 Å². The van der Waals surface area contributed by atoms with Gasteiger partial charge in [0.1, 0.15) is 0 Å². The smallest absolute Gasteiger partial charge is 0.243 e. The fraction of sp³-hybridized carbons (Fsp3) is 0.357. The van der Waals surface area contributed by atoms with Gasteiger partial charge in [-0.2, -0.15) is 15.0 Å². The first-order valence-corrected chi connectivity index (χ1v) is 6.63. The van der Waals surface area contributed by atoms with Crippen molar-refractivity contribution in [3.63, 3.8) is 0 Å². The second kappa shape index (κ2) is 5.92. The van der Waals surface area contributed by atoms with Crippen LogP contribution in [0.3, 0.4) is 0 Å². The Bertz CT molecular complexity index is 639. The minimum Gasteiger partial charge on any atom is -0.347 e. The zero-order valence-electron chi connectivity index (χ0n) is 13.0. The normalized spacial score (nSPS) is 10.4. The topological polar surface area (TPSA) is 83.2 Å². The summed E-state index contributed by atoms with van der Waals surface area (Å²) in [5, 5.41) is 0. The minimum absolute atomic E-state index is 0.334. The van der Waals surface area contributed by atoms with E-state index < -0.39 is 0 Å². The van der Waals surface area contributed by atoms with Gasteiger partial charge in [-0.1, -0.05) is 17.7 Å². The Morgan fingerprint density at radius 1 is 1.00 bits per heavy atom. The Balaban J connectivity index is 2.46. The summed E-state index contributed by atoms with van der Waals surface area (Å²) in [6.07, 6.45) is 0. The number of hydrogen-bond donors (Lipinski definition) is 2. The lowest BCUT2D eigenvalue weighted by molar-refractivity contribution is 0.926. The van der Waals surface area contributed by atoms with Gasteiger partial charge in [0.2, 0.25) is 17.8 Å². The quantitative estimate of drug-likeness (QED) is 0.653. The van der Waals surface area contributed by atoms with E-state index in [2.05, 4.69) is 52.4 Å². The Labute approximate surface area is 124 Å². The SMILES string of the molecule is Cc1ccc(N(C)c2nc(NN)nc(N(C)C)n2)c(C)c1. The Morgan fingerprint density at radius 2 is 1.67 bits per heavy atom. The van der Waals surface area contributed by atoms with Gasteiger partial charge in [-0.05, 0) is 25.5 Å². The van der Waals surface area contributed by atoms with Crippen LogP contribution in [0.5, 0.6) is 0 Å². The molecule has 0 amide bonds. The van der Waals surface area contributed by atoms with Crippen molar-refractivity contribution in [2.75, 3.05) is 36.4 Å². The molecule has 2 rings (SSSR count). The van der Waals surface area contributed by atoms with Crippen LogP contribution in [0, 0.1) is 13.8 Å². The van der Waals surface area contributed by atoms with E-state index in [1.54, 1.807) is 0 Å². The summed E-state index contributed by atoms with van der Waals surface area (Å²) in [5.41, 5.74) is 5.90. The third-order valence-corrected chi connectivity index (χ3v) is 3.15. The number of hydrazine groups is 1. The maximum absolute atomic E-state index is 5.44. The number of aromatic nitrogens is 3. The Hall–Kier alpha value is -2.41. The maximum Gasteiger partial charge on any atom is 0.243 e. The Kier molecular flexibility index (Phi) is 4.23. The Morgan fingerprint density at radius 3 is 2.24 bits per heavy atom. The van der Waals surface area contributed by atoms with Crippen molar-refractivity contribution in [2.24, 2.45) is 5.84 Å². The van der Waals surface area contributed by atoms with Gasteiger partial charge < -0.3 is 9.80 Å². The van der Waals surface area contributed by atoms with Crippen LogP contribution >= 0.6 is 0 Å². The van der Waals surface area contributed by atoms with E-state index in [1.807, 2.05) is 30.9 Å². The molecule has 0 fully saturated rings. The molecule has 0 bridgehead atoms. The first kappa shape index (κ1) is 15.0. The second-order valence-corrected chi connectivity index (χ2v) is 5.15. The van der Waals surface area contributed by atoms with Gasteiger partial charge in [0.05, 0.1) is 0 Å². The van der Waals surface area contributed by atoms with Crippen molar-refractivity contribution in [2.45, 2.75) is 13.8 Å². The predicted molar refractivity (Wildman–Crippen MR) is 85.9 cm³/mol. The fourth-order valence-corrected chi connectivity index (χ4v) is 2.06. The number of benzene rings is 1. The molecule has 112 valence electrons. The van der Waals surface area contributed by atoms with Gasteiger partial charge in [0, 0.05) is 26.8 Å². The lowest BCUT2D eigenvalue weighted by Crippen LogP contribution is -2.21. The van der Waals surface area contributed by atoms with Crippen LogP contribution in [0.4, 0.5) is 23.5 Å². The highest BCUT2D eigenvalue weighted by atomic mass is 15.4. The van der Waals surface area contributed by atoms with Crippen molar-refractivity contribution in [1.29, 1.82) is 0 Å². The summed E-state index contributed by atoms with van der Waals surface area (Å²) >= 11 is 0. The molecule has 0 spiro atoms. The number of nitrogens with two attached hydrogens (primary N) is 1. The van der Waals surface area contributed by atoms with Crippen LogP contribution in [0.25, 0.3) is 0 Å². The van der Waals surface area contributed by atoms with Crippen LogP contribution in [0.2, 0.25) is 0 Å². The number of hydrogen-bond acceptors (Lipinski definition) is 7. The number of anilines is 4. The van der Waals surface area contributed by atoms with Gasteiger partial charge in [-0.3, -0.25) is 5.43 Å². The molecule has 0 aliphatic carbocycles. The molecule has 1 aromatic heterocycles. The van der Waals surface area contributed by atoms with Crippen molar-refractivity contribution in [3.05, 3.63) is 29.3 Å². The average Bonchev–Trinajstić information content (AvgIpc) is 2.46. The zero-order chi connectivity index (χ0) is 15.6. The monoisotopic (exact) mass is 287 g/mol. The van der Waals surface area contributed by atoms with E-state index in [1.165, 1.54) is 5.56 Å². The molecule has 0 radical (unpaired) electrons. The van der Waals surface area contributed by atoms with Crippen LogP contribution in [0.1, 0.15) is 11.1 Å². The standard InChI is InChI=1S/C14H21N7/c1-9-6-7-11(10(2)8-9)21(5)14-17-12(19-15)16-13(18-14)20(3)4/h6-8H,15H2,1-5H3,(H,16,17,18,19). The van der Waals surface area contributed by atoms with Gasteiger partial charge in [0.15, 0.2) is 0 Å². The molecule has 0 atom stereocenters. The van der Waals surface area contributed by atoms with E-state index in [-0.39, 0.29) is 0 Å². The summed E-state index contributed by atoms with van der Waals surface area (Å²) < 4.78 is 0. The van der Waals surface area contributed by atoms with Gasteiger partial charge in [0.25, 0.3) is 0 Å². The molecule has 2 aromatic rings. The van der Waals surface area contributed by atoms with Crippen molar-refractivity contribution >= 4 is 23.5 Å². The highest BCUT2D eigenvalue weighted by Gasteiger charge is 2.14. The predicted octanol–water partition coefficient (Wildman–Crippen LogP) is 1.61. The third-order valence-electron chi connectivity index (χ3n) is 3.15. The van der Waals surface area contributed by atoms with Crippen LogP contribution < -0.4 is 21.1 Å². The molecular formula is C14H21N7. The summed E-state index contributed by atoms with van der Waals surface area (Å²) in [5.74, 6) is 6.85. The van der Waals surface area contributed by atoms with Gasteiger partial charge >= 0.3 is 0 Å². The van der Waals surface area contributed by atoms with E-state index in [4.69, 9.17) is 5.84 Å². The number of rotatable bonds is 4. The number of nitrogens with zero attached hydrogens (tertiary/aromatic N) is 5. The van der Waals surface area contributed by atoms with Crippen LogP contribution in [-0.4, -0.2) is 36.1 Å². The molecule has 0 saturated carbocycles. The lowest BCUT2D eigenvalue weighted by atomic mass is 10.1. The van der Waals surface area contributed by atoms with E-state index in [0.29, 0.717) is 17.8 Å². The molecule has 1 aromatic carbocycles. The van der Waals surface area contributed by atoms with Crippen LogP contribution in [0.15, 0.2) is 18.2 Å². The van der Waals surface area contributed by atoms with E-state index in [9.17, 15) is 0 Å².